The number of hydrogen-bond donors (Lipinski definition) is 0. The zero-order valence-electron chi connectivity index (χ0n) is 16.0. The molecule has 1 heterocycles. The van der Waals surface area contributed by atoms with Crippen LogP contribution in [0.25, 0.3) is 11.1 Å². The van der Waals surface area contributed by atoms with Crippen molar-refractivity contribution >= 4 is 23.0 Å². The third kappa shape index (κ3) is 3.05. The summed E-state index contributed by atoms with van der Waals surface area (Å²) in [5.74, 6) is -0.470. The second-order valence-corrected chi connectivity index (χ2v) is 7.06. The molecule has 0 fully saturated rings. The van der Waals surface area contributed by atoms with Gasteiger partial charge in [0.1, 0.15) is 0 Å². The summed E-state index contributed by atoms with van der Waals surface area (Å²) in [6, 6.07) is 25.1. The van der Waals surface area contributed by atoms with E-state index in [1.807, 2.05) is 92.7 Å². The number of hydrogen-bond acceptors (Lipinski definition) is 2. The van der Waals surface area contributed by atoms with Crippen molar-refractivity contribution in [2.24, 2.45) is 0 Å². The minimum atomic E-state index is -0.235. The van der Waals surface area contributed by atoms with Gasteiger partial charge < -0.3 is 0 Å². The van der Waals surface area contributed by atoms with Crippen LogP contribution in [0.3, 0.4) is 0 Å². The van der Waals surface area contributed by atoms with E-state index >= 15 is 0 Å². The maximum Gasteiger partial charge on any atom is 0.262 e. The summed E-state index contributed by atoms with van der Waals surface area (Å²) in [4.78, 5) is 28.2. The Balaban J connectivity index is 1.88. The Morgan fingerprint density at radius 2 is 1.04 bits per heavy atom. The lowest BCUT2D eigenvalue weighted by Gasteiger charge is -2.15. The Bertz CT molecular complexity index is 1030. The minimum absolute atomic E-state index is 0.235. The second kappa shape index (κ2) is 7.28. The number of aryl methyl sites for hydroxylation is 2. The zero-order chi connectivity index (χ0) is 19.7. The van der Waals surface area contributed by atoms with Crippen LogP contribution < -0.4 is 0 Å². The summed E-state index contributed by atoms with van der Waals surface area (Å²) in [6.07, 6.45) is 0. The summed E-state index contributed by atoms with van der Waals surface area (Å²) in [5.41, 5.74) is 5.50. The van der Waals surface area contributed by atoms with Crippen molar-refractivity contribution in [1.29, 1.82) is 0 Å². The van der Waals surface area contributed by atoms with Gasteiger partial charge in [-0.2, -0.15) is 0 Å². The van der Waals surface area contributed by atoms with Crippen molar-refractivity contribution in [1.82, 2.24) is 4.90 Å². The van der Waals surface area contributed by atoms with Gasteiger partial charge in [-0.3, -0.25) is 14.5 Å². The number of imide groups is 1. The first-order valence-electron chi connectivity index (χ1n) is 9.34. The molecule has 0 unspecified atom stereocenters. The van der Waals surface area contributed by atoms with Crippen molar-refractivity contribution in [3.8, 4) is 0 Å². The van der Waals surface area contributed by atoms with E-state index in [0.29, 0.717) is 11.1 Å². The second-order valence-electron chi connectivity index (χ2n) is 7.06. The van der Waals surface area contributed by atoms with Crippen LogP contribution in [0.15, 0.2) is 78.9 Å². The van der Waals surface area contributed by atoms with Gasteiger partial charge in [-0.15, -0.1) is 0 Å². The Morgan fingerprint density at radius 1 is 0.607 bits per heavy atom. The molecule has 0 aromatic heterocycles. The fourth-order valence-electron chi connectivity index (χ4n) is 3.69. The largest absolute Gasteiger partial charge is 0.270 e. The van der Waals surface area contributed by atoms with Crippen LogP contribution in [0, 0.1) is 13.8 Å². The average molecular weight is 367 g/mol. The van der Waals surface area contributed by atoms with E-state index in [1.54, 1.807) is 0 Å². The van der Waals surface area contributed by atoms with E-state index in [0.717, 1.165) is 27.8 Å². The van der Waals surface area contributed by atoms with E-state index in [4.69, 9.17) is 0 Å². The van der Waals surface area contributed by atoms with Gasteiger partial charge in [-0.25, -0.2) is 0 Å². The van der Waals surface area contributed by atoms with Gasteiger partial charge in [0.25, 0.3) is 11.8 Å². The van der Waals surface area contributed by atoms with Crippen LogP contribution in [0.4, 0.5) is 0 Å². The molecule has 138 valence electrons. The summed E-state index contributed by atoms with van der Waals surface area (Å²) in [7, 11) is 0. The molecule has 0 radical (unpaired) electrons. The maximum atomic E-state index is 13.4. The van der Waals surface area contributed by atoms with Gasteiger partial charge in [-0.05, 0) is 41.7 Å². The Labute approximate surface area is 164 Å². The third-order valence-electron chi connectivity index (χ3n) is 5.18. The van der Waals surface area contributed by atoms with Crippen molar-refractivity contribution in [3.63, 3.8) is 0 Å². The molecule has 0 atom stereocenters. The van der Waals surface area contributed by atoms with Crippen LogP contribution in [-0.4, -0.2) is 16.7 Å². The molecule has 0 saturated heterocycles. The van der Waals surface area contributed by atoms with Gasteiger partial charge in [-0.1, -0.05) is 78.9 Å². The first-order valence-corrected chi connectivity index (χ1v) is 9.34. The number of rotatable bonds is 4. The molecule has 1 aliphatic rings. The van der Waals surface area contributed by atoms with Crippen LogP contribution >= 0.6 is 0 Å². The highest BCUT2D eigenvalue weighted by Gasteiger charge is 2.40. The highest BCUT2D eigenvalue weighted by atomic mass is 16.2. The van der Waals surface area contributed by atoms with E-state index in [-0.39, 0.29) is 18.4 Å². The molecule has 0 saturated carbocycles. The highest BCUT2D eigenvalue weighted by Crippen LogP contribution is 2.38. The van der Waals surface area contributed by atoms with Gasteiger partial charge in [0.2, 0.25) is 0 Å². The molecule has 1 aliphatic heterocycles. The molecule has 3 aromatic rings. The van der Waals surface area contributed by atoms with E-state index in [9.17, 15) is 9.59 Å². The summed E-state index contributed by atoms with van der Waals surface area (Å²) < 4.78 is 0. The smallest absolute Gasteiger partial charge is 0.262 e. The fourth-order valence-corrected chi connectivity index (χ4v) is 3.69. The molecule has 28 heavy (non-hydrogen) atoms. The first kappa shape index (κ1) is 17.9. The molecular formula is C25H21NO2. The molecule has 3 aromatic carbocycles. The normalized spacial score (nSPS) is 14.1. The van der Waals surface area contributed by atoms with E-state index in [2.05, 4.69) is 0 Å². The Kier molecular flexibility index (Phi) is 4.66. The topological polar surface area (TPSA) is 37.4 Å². The molecule has 0 bridgehead atoms. The highest BCUT2D eigenvalue weighted by molar-refractivity contribution is 6.49. The van der Waals surface area contributed by atoms with E-state index in [1.165, 1.54) is 4.90 Å². The standard InChI is InChI=1S/C25H21NO2/c1-17-10-6-8-14-20(17)22-23(21-15-9-7-11-18(21)2)25(28)26(24(22)27)16-19-12-4-3-5-13-19/h3-15H,16H2,1-2H3. The molecule has 0 N–H and O–H groups in total. The van der Waals surface area contributed by atoms with Crippen molar-refractivity contribution in [2.75, 3.05) is 0 Å². The third-order valence-corrected chi connectivity index (χ3v) is 5.18. The van der Waals surface area contributed by atoms with Gasteiger partial charge >= 0.3 is 0 Å². The van der Waals surface area contributed by atoms with Crippen molar-refractivity contribution in [2.45, 2.75) is 20.4 Å². The lowest BCUT2D eigenvalue weighted by atomic mass is 9.92. The fraction of sp³-hybridized carbons (Fsp3) is 0.120. The first-order chi connectivity index (χ1) is 13.6. The van der Waals surface area contributed by atoms with Crippen LogP contribution in [0.5, 0.6) is 0 Å². The number of carbonyl (C=O) groups is 2. The molecule has 0 spiro atoms. The number of nitrogens with zero attached hydrogens (tertiary/aromatic N) is 1. The number of benzene rings is 3. The molecule has 0 aliphatic carbocycles. The van der Waals surface area contributed by atoms with Gasteiger partial charge in [0.05, 0.1) is 17.7 Å². The molecule has 3 nitrogen and oxygen atoms in total. The van der Waals surface area contributed by atoms with Crippen LogP contribution in [-0.2, 0) is 16.1 Å². The van der Waals surface area contributed by atoms with Crippen molar-refractivity contribution in [3.05, 3.63) is 107 Å². The monoisotopic (exact) mass is 367 g/mol. The van der Waals surface area contributed by atoms with Gasteiger partial charge in [0.15, 0.2) is 0 Å². The van der Waals surface area contributed by atoms with Gasteiger partial charge in [0, 0.05) is 0 Å². The molecule has 3 heteroatoms. The molecular weight excluding hydrogens is 346 g/mol. The Morgan fingerprint density at radius 3 is 1.50 bits per heavy atom. The predicted molar refractivity (Wildman–Crippen MR) is 111 cm³/mol. The minimum Gasteiger partial charge on any atom is -0.270 e. The quantitative estimate of drug-likeness (QED) is 0.622. The molecule has 2 amide bonds. The van der Waals surface area contributed by atoms with Crippen LogP contribution in [0.1, 0.15) is 27.8 Å². The summed E-state index contributed by atoms with van der Waals surface area (Å²) >= 11 is 0. The Hall–Kier alpha value is -3.46. The lowest BCUT2D eigenvalue weighted by Crippen LogP contribution is -2.31. The SMILES string of the molecule is Cc1ccccc1C1=C(c2ccccc2C)C(=O)N(Cc2ccccc2)C1=O. The maximum absolute atomic E-state index is 13.4. The predicted octanol–water partition coefficient (Wildman–Crippen LogP) is 4.78. The summed E-state index contributed by atoms with van der Waals surface area (Å²) in [5, 5.41) is 0. The lowest BCUT2D eigenvalue weighted by molar-refractivity contribution is -0.136. The average Bonchev–Trinajstić information content (AvgIpc) is 2.94. The number of carbonyl (C=O) groups excluding carboxylic acids is 2. The van der Waals surface area contributed by atoms with E-state index < -0.39 is 0 Å². The van der Waals surface area contributed by atoms with Crippen molar-refractivity contribution < 1.29 is 9.59 Å². The molecule has 4 rings (SSSR count). The van der Waals surface area contributed by atoms with Crippen LogP contribution in [0.2, 0.25) is 0 Å². The zero-order valence-corrected chi connectivity index (χ0v) is 16.0. The number of amides is 2. The summed E-state index contributed by atoms with van der Waals surface area (Å²) in [6.45, 7) is 4.20.